The van der Waals surface area contributed by atoms with Crippen LogP contribution in [0.3, 0.4) is 0 Å². The average Bonchev–Trinajstić information content (AvgIpc) is 2.27. The van der Waals surface area contributed by atoms with Crippen LogP contribution in [0.25, 0.3) is 0 Å². The quantitative estimate of drug-likeness (QED) is 0.700. The van der Waals surface area contributed by atoms with Crippen molar-refractivity contribution in [3.63, 3.8) is 0 Å². The number of aliphatic hydroxyl groups excluding tert-OH is 1. The molecule has 5 atom stereocenters. The lowest BCUT2D eigenvalue weighted by Crippen LogP contribution is -2.56. The fraction of sp³-hybridized carbons (Fsp3) is 0.818. The van der Waals surface area contributed by atoms with Gasteiger partial charge in [0.15, 0.2) is 18.5 Å². The number of esters is 1. The van der Waals surface area contributed by atoms with Crippen molar-refractivity contribution in [3.8, 4) is 0 Å². The monoisotopic (exact) mass is 261 g/mol. The smallest absolute Gasteiger partial charge is 0.404 e. The fourth-order valence-corrected chi connectivity index (χ4v) is 2.15. The number of carbonyl (C=O) groups is 2. The van der Waals surface area contributed by atoms with Crippen LogP contribution in [0.15, 0.2) is 0 Å². The van der Waals surface area contributed by atoms with Crippen LogP contribution in [0, 0.1) is 5.92 Å². The Kier molecular flexibility index (Phi) is 4.92. The third-order valence-corrected chi connectivity index (χ3v) is 2.98. The molecule has 18 heavy (non-hydrogen) atoms. The highest BCUT2D eigenvalue weighted by atomic mass is 16.7. The van der Waals surface area contributed by atoms with E-state index in [-0.39, 0.29) is 12.0 Å². The number of hydrogen-bond donors (Lipinski definition) is 2. The maximum Gasteiger partial charge on any atom is 0.404 e. The molecule has 1 fully saturated rings. The highest BCUT2D eigenvalue weighted by molar-refractivity contribution is 5.67. The Morgan fingerprint density at radius 1 is 1.33 bits per heavy atom. The molecule has 7 nitrogen and oxygen atoms in total. The highest BCUT2D eigenvalue weighted by Gasteiger charge is 2.46. The SMILES string of the molecule is CC[C@H]1O[C@H](O)[C@@H](OC(C)=O)[C@@H](OC(N)=O)[C@@H]1C. The summed E-state index contributed by atoms with van der Waals surface area (Å²) in [6.45, 7) is 4.86. The Morgan fingerprint density at radius 3 is 2.39 bits per heavy atom. The van der Waals surface area contributed by atoms with E-state index >= 15 is 0 Å². The zero-order valence-electron chi connectivity index (χ0n) is 10.7. The Labute approximate surface area is 105 Å². The molecule has 1 amide bonds. The standard InChI is InChI=1S/C11H19NO6/c1-4-7-5(2)8(18-11(12)15)9(10(14)17-7)16-6(3)13/h5,7-10,14H,4H2,1-3H3,(H2,12,15)/t5-,7-,8+,9+,10+/m1/s1. The van der Waals surface area contributed by atoms with E-state index in [2.05, 4.69) is 0 Å². The molecular formula is C11H19NO6. The number of rotatable bonds is 3. The summed E-state index contributed by atoms with van der Waals surface area (Å²) in [6, 6.07) is 0. The molecule has 1 aliphatic heterocycles. The molecule has 1 rings (SSSR count). The topological polar surface area (TPSA) is 108 Å². The molecule has 1 aliphatic rings. The average molecular weight is 261 g/mol. The Balaban J connectivity index is 2.89. The molecule has 1 saturated heterocycles. The molecule has 0 spiro atoms. The molecule has 0 unspecified atom stereocenters. The second-order valence-electron chi connectivity index (χ2n) is 4.31. The molecule has 0 aliphatic carbocycles. The van der Waals surface area contributed by atoms with Crippen molar-refractivity contribution in [1.29, 1.82) is 0 Å². The molecule has 0 aromatic rings. The lowest BCUT2D eigenvalue weighted by atomic mass is 9.89. The first-order chi connectivity index (χ1) is 8.36. The van der Waals surface area contributed by atoms with Gasteiger partial charge in [-0.25, -0.2) is 4.79 Å². The second kappa shape index (κ2) is 6.01. The van der Waals surface area contributed by atoms with Gasteiger partial charge in [0.2, 0.25) is 0 Å². The van der Waals surface area contributed by atoms with E-state index < -0.39 is 30.6 Å². The maximum absolute atomic E-state index is 11.0. The van der Waals surface area contributed by atoms with Gasteiger partial charge < -0.3 is 25.1 Å². The van der Waals surface area contributed by atoms with Crippen molar-refractivity contribution in [2.24, 2.45) is 11.7 Å². The number of ether oxygens (including phenoxy) is 3. The fourth-order valence-electron chi connectivity index (χ4n) is 2.15. The number of aliphatic hydroxyl groups is 1. The number of amides is 1. The Morgan fingerprint density at radius 2 is 1.94 bits per heavy atom. The molecule has 0 bridgehead atoms. The summed E-state index contributed by atoms with van der Waals surface area (Å²) < 4.78 is 15.2. The molecular weight excluding hydrogens is 242 g/mol. The summed E-state index contributed by atoms with van der Waals surface area (Å²) in [7, 11) is 0. The summed E-state index contributed by atoms with van der Waals surface area (Å²) in [4.78, 5) is 21.9. The predicted molar refractivity (Wildman–Crippen MR) is 60.3 cm³/mol. The van der Waals surface area contributed by atoms with Gasteiger partial charge in [0, 0.05) is 12.8 Å². The van der Waals surface area contributed by atoms with Crippen LogP contribution < -0.4 is 5.73 Å². The summed E-state index contributed by atoms with van der Waals surface area (Å²) in [6.07, 6.45) is -3.86. The zero-order chi connectivity index (χ0) is 13.9. The Hall–Kier alpha value is -1.34. The van der Waals surface area contributed by atoms with E-state index in [1.54, 1.807) is 6.92 Å². The van der Waals surface area contributed by atoms with Gasteiger partial charge in [-0.3, -0.25) is 4.79 Å². The molecule has 0 saturated carbocycles. The summed E-state index contributed by atoms with van der Waals surface area (Å²) >= 11 is 0. The largest absolute Gasteiger partial charge is 0.453 e. The van der Waals surface area contributed by atoms with Crippen LogP contribution in [0.2, 0.25) is 0 Å². The van der Waals surface area contributed by atoms with Crippen LogP contribution in [0.5, 0.6) is 0 Å². The van der Waals surface area contributed by atoms with Gasteiger partial charge >= 0.3 is 12.1 Å². The van der Waals surface area contributed by atoms with E-state index in [9.17, 15) is 14.7 Å². The first kappa shape index (κ1) is 14.7. The van der Waals surface area contributed by atoms with Crippen molar-refractivity contribution in [3.05, 3.63) is 0 Å². The number of carbonyl (C=O) groups excluding carboxylic acids is 2. The molecule has 7 heteroatoms. The number of nitrogens with two attached hydrogens (primary N) is 1. The van der Waals surface area contributed by atoms with Gasteiger partial charge in [-0.15, -0.1) is 0 Å². The van der Waals surface area contributed by atoms with Crippen LogP contribution >= 0.6 is 0 Å². The summed E-state index contributed by atoms with van der Waals surface area (Å²) in [5, 5.41) is 9.79. The van der Waals surface area contributed by atoms with E-state index in [1.807, 2.05) is 6.92 Å². The second-order valence-corrected chi connectivity index (χ2v) is 4.31. The van der Waals surface area contributed by atoms with Crippen LogP contribution in [0.4, 0.5) is 4.79 Å². The van der Waals surface area contributed by atoms with E-state index in [0.29, 0.717) is 6.42 Å². The first-order valence-electron chi connectivity index (χ1n) is 5.83. The molecule has 104 valence electrons. The van der Waals surface area contributed by atoms with E-state index in [4.69, 9.17) is 19.9 Å². The van der Waals surface area contributed by atoms with Gasteiger partial charge in [-0.1, -0.05) is 13.8 Å². The van der Waals surface area contributed by atoms with Crippen molar-refractivity contribution < 1.29 is 28.9 Å². The van der Waals surface area contributed by atoms with Gasteiger partial charge in [0.25, 0.3) is 0 Å². The number of hydrogen-bond acceptors (Lipinski definition) is 6. The van der Waals surface area contributed by atoms with Crippen LogP contribution in [-0.2, 0) is 19.0 Å². The van der Waals surface area contributed by atoms with E-state index in [1.165, 1.54) is 6.92 Å². The summed E-state index contributed by atoms with van der Waals surface area (Å²) in [5.41, 5.74) is 4.99. The molecule has 0 aromatic carbocycles. The highest BCUT2D eigenvalue weighted by Crippen LogP contribution is 2.30. The van der Waals surface area contributed by atoms with E-state index in [0.717, 1.165) is 0 Å². The van der Waals surface area contributed by atoms with Crippen LogP contribution in [0.1, 0.15) is 27.2 Å². The van der Waals surface area contributed by atoms with Crippen molar-refractivity contribution in [1.82, 2.24) is 0 Å². The van der Waals surface area contributed by atoms with Crippen molar-refractivity contribution in [2.45, 2.75) is 51.8 Å². The third-order valence-electron chi connectivity index (χ3n) is 2.98. The van der Waals surface area contributed by atoms with Crippen molar-refractivity contribution >= 4 is 12.1 Å². The molecule has 1 heterocycles. The number of primary amides is 1. The molecule has 0 aromatic heterocycles. The Bertz CT molecular complexity index is 321. The normalized spacial score (nSPS) is 35.9. The minimum Gasteiger partial charge on any atom is -0.453 e. The third kappa shape index (κ3) is 3.33. The predicted octanol–water partition coefficient (Wildman–Crippen LogP) is 0.145. The van der Waals surface area contributed by atoms with Gasteiger partial charge in [0.05, 0.1) is 6.10 Å². The van der Waals surface area contributed by atoms with Crippen molar-refractivity contribution in [2.75, 3.05) is 0 Å². The van der Waals surface area contributed by atoms with Crippen LogP contribution in [-0.4, -0.2) is 41.8 Å². The first-order valence-corrected chi connectivity index (χ1v) is 5.83. The summed E-state index contributed by atoms with van der Waals surface area (Å²) in [5.74, 6) is -0.835. The van der Waals surface area contributed by atoms with Gasteiger partial charge in [0.1, 0.15) is 0 Å². The lowest BCUT2D eigenvalue weighted by molar-refractivity contribution is -0.271. The maximum atomic E-state index is 11.0. The molecule has 0 radical (unpaired) electrons. The van der Waals surface area contributed by atoms with Gasteiger partial charge in [-0.2, -0.15) is 0 Å². The minimum atomic E-state index is -1.33. The zero-order valence-corrected chi connectivity index (χ0v) is 10.7. The molecule has 3 N–H and O–H groups in total. The van der Waals surface area contributed by atoms with Gasteiger partial charge in [-0.05, 0) is 6.42 Å². The lowest BCUT2D eigenvalue weighted by Gasteiger charge is -2.42. The minimum absolute atomic E-state index is 0.241.